The van der Waals surface area contributed by atoms with Gasteiger partial charge in [-0.3, -0.25) is 9.59 Å². The third-order valence-corrected chi connectivity index (χ3v) is 6.15. The maximum atomic E-state index is 13.6. The van der Waals surface area contributed by atoms with Crippen molar-refractivity contribution >= 4 is 11.8 Å². The molecule has 1 saturated carbocycles. The number of furan rings is 1. The number of nitrogens with one attached hydrogen (secondary N) is 1. The lowest BCUT2D eigenvalue weighted by molar-refractivity contribution is -0.126. The maximum absolute atomic E-state index is 13.6. The zero-order chi connectivity index (χ0) is 22.3. The molecule has 1 aliphatic carbocycles. The van der Waals surface area contributed by atoms with Crippen LogP contribution in [0.3, 0.4) is 0 Å². The first-order valence-corrected chi connectivity index (χ1v) is 11.4. The quantitative estimate of drug-likeness (QED) is 0.529. The number of carbonyl (C=O) groups is 2. The first kappa shape index (κ1) is 21.9. The van der Waals surface area contributed by atoms with Crippen LogP contribution in [0.2, 0.25) is 0 Å². The SMILES string of the molecule is CCc1ccc([C@@H](C(=O)NC2CCCC2)N(Cc2ccccc2)C(=O)c2ccco2)cc1. The standard InChI is InChI=1S/C27H30N2O3/c1-2-20-14-16-22(17-15-20)25(26(30)28-23-11-6-7-12-23)29(19-21-9-4-3-5-10-21)27(31)24-13-8-18-32-24/h3-5,8-10,13-18,23,25H,2,6-7,11-12,19H2,1H3,(H,28,30)/t25-/m0/s1. The molecule has 5 nitrogen and oxygen atoms in total. The van der Waals surface area contributed by atoms with E-state index in [9.17, 15) is 9.59 Å². The number of amides is 2. The van der Waals surface area contributed by atoms with Crippen LogP contribution >= 0.6 is 0 Å². The van der Waals surface area contributed by atoms with Gasteiger partial charge < -0.3 is 14.6 Å². The van der Waals surface area contributed by atoms with Crippen molar-refractivity contribution in [1.82, 2.24) is 10.2 Å². The van der Waals surface area contributed by atoms with E-state index in [1.165, 1.54) is 11.8 Å². The van der Waals surface area contributed by atoms with E-state index in [0.717, 1.165) is 43.2 Å². The van der Waals surface area contributed by atoms with Crippen LogP contribution in [-0.2, 0) is 17.8 Å². The molecule has 0 aliphatic heterocycles. The molecule has 1 heterocycles. The number of hydrogen-bond donors (Lipinski definition) is 1. The fraction of sp³-hybridized carbons (Fsp3) is 0.333. The van der Waals surface area contributed by atoms with Gasteiger partial charge in [0.1, 0.15) is 6.04 Å². The number of aryl methyl sites for hydroxylation is 1. The zero-order valence-electron chi connectivity index (χ0n) is 18.5. The van der Waals surface area contributed by atoms with Crippen LogP contribution in [0.25, 0.3) is 0 Å². The summed E-state index contributed by atoms with van der Waals surface area (Å²) >= 11 is 0. The maximum Gasteiger partial charge on any atom is 0.290 e. The van der Waals surface area contributed by atoms with Crippen LogP contribution in [0.1, 0.15) is 65.9 Å². The van der Waals surface area contributed by atoms with Crippen molar-refractivity contribution in [2.75, 3.05) is 0 Å². The Morgan fingerprint density at radius 3 is 2.31 bits per heavy atom. The monoisotopic (exact) mass is 430 g/mol. The van der Waals surface area contributed by atoms with Crippen molar-refractivity contribution in [2.24, 2.45) is 0 Å². The van der Waals surface area contributed by atoms with E-state index >= 15 is 0 Å². The van der Waals surface area contributed by atoms with Gasteiger partial charge in [-0.1, -0.05) is 74.4 Å². The predicted octanol–water partition coefficient (Wildman–Crippen LogP) is 5.28. The largest absolute Gasteiger partial charge is 0.459 e. The molecule has 3 aromatic rings. The molecular weight excluding hydrogens is 400 g/mol. The van der Waals surface area contributed by atoms with Gasteiger partial charge in [0.2, 0.25) is 5.91 Å². The van der Waals surface area contributed by atoms with Gasteiger partial charge in [-0.15, -0.1) is 0 Å². The lowest BCUT2D eigenvalue weighted by Crippen LogP contribution is -2.45. The number of benzene rings is 2. The molecule has 1 aromatic heterocycles. The third kappa shape index (κ3) is 5.10. The minimum Gasteiger partial charge on any atom is -0.459 e. The highest BCUT2D eigenvalue weighted by Crippen LogP contribution is 2.28. The summed E-state index contributed by atoms with van der Waals surface area (Å²) < 4.78 is 5.43. The van der Waals surface area contributed by atoms with Crippen molar-refractivity contribution in [3.63, 3.8) is 0 Å². The molecule has 0 unspecified atom stereocenters. The lowest BCUT2D eigenvalue weighted by Gasteiger charge is -2.32. The summed E-state index contributed by atoms with van der Waals surface area (Å²) in [6, 6.07) is 20.5. The van der Waals surface area contributed by atoms with Crippen molar-refractivity contribution in [1.29, 1.82) is 0 Å². The Morgan fingerprint density at radius 2 is 1.69 bits per heavy atom. The Labute approximate surface area is 189 Å². The Hall–Kier alpha value is -3.34. The normalized spacial score (nSPS) is 14.8. The van der Waals surface area contributed by atoms with E-state index in [1.54, 1.807) is 17.0 Å². The summed E-state index contributed by atoms with van der Waals surface area (Å²) in [6.45, 7) is 2.40. The van der Waals surface area contributed by atoms with Crippen molar-refractivity contribution < 1.29 is 14.0 Å². The molecular formula is C27H30N2O3. The van der Waals surface area contributed by atoms with E-state index in [2.05, 4.69) is 12.2 Å². The molecule has 166 valence electrons. The van der Waals surface area contributed by atoms with Crippen molar-refractivity contribution in [3.8, 4) is 0 Å². The summed E-state index contributed by atoms with van der Waals surface area (Å²) in [7, 11) is 0. The summed E-state index contributed by atoms with van der Waals surface area (Å²) in [5.74, 6) is -0.216. The fourth-order valence-electron chi connectivity index (χ4n) is 4.36. The van der Waals surface area contributed by atoms with Gasteiger partial charge in [0.25, 0.3) is 5.91 Å². The van der Waals surface area contributed by atoms with Gasteiger partial charge in [-0.05, 0) is 48.1 Å². The highest BCUT2D eigenvalue weighted by Gasteiger charge is 2.34. The number of carbonyl (C=O) groups excluding carboxylic acids is 2. The second-order valence-electron chi connectivity index (χ2n) is 8.38. The molecule has 1 aliphatic rings. The molecule has 1 fully saturated rings. The molecule has 4 rings (SSSR count). The summed E-state index contributed by atoms with van der Waals surface area (Å²) in [5.41, 5.74) is 2.94. The van der Waals surface area contributed by atoms with Crippen LogP contribution in [0.15, 0.2) is 77.4 Å². The average Bonchev–Trinajstić information content (AvgIpc) is 3.54. The van der Waals surface area contributed by atoms with E-state index in [1.807, 2.05) is 54.6 Å². The third-order valence-electron chi connectivity index (χ3n) is 6.15. The van der Waals surface area contributed by atoms with Gasteiger partial charge in [-0.25, -0.2) is 0 Å². The predicted molar refractivity (Wildman–Crippen MR) is 124 cm³/mol. The van der Waals surface area contributed by atoms with Crippen LogP contribution < -0.4 is 5.32 Å². The first-order valence-electron chi connectivity index (χ1n) is 11.4. The molecule has 32 heavy (non-hydrogen) atoms. The molecule has 1 atom stereocenters. The zero-order valence-corrected chi connectivity index (χ0v) is 18.5. The Balaban J connectivity index is 1.72. The van der Waals surface area contributed by atoms with Crippen LogP contribution in [-0.4, -0.2) is 22.8 Å². The first-order chi connectivity index (χ1) is 15.7. The molecule has 0 bridgehead atoms. The molecule has 0 saturated heterocycles. The number of rotatable bonds is 8. The highest BCUT2D eigenvalue weighted by atomic mass is 16.3. The average molecular weight is 431 g/mol. The minimum atomic E-state index is -0.751. The van der Waals surface area contributed by atoms with Gasteiger partial charge in [0, 0.05) is 12.6 Å². The fourth-order valence-corrected chi connectivity index (χ4v) is 4.36. The van der Waals surface area contributed by atoms with Crippen molar-refractivity contribution in [2.45, 2.75) is 57.7 Å². The summed E-state index contributed by atoms with van der Waals surface area (Å²) in [6.07, 6.45) is 6.62. The Bertz CT molecular complexity index is 1010. The molecule has 2 aromatic carbocycles. The van der Waals surface area contributed by atoms with Crippen molar-refractivity contribution in [3.05, 3.63) is 95.4 Å². The molecule has 0 radical (unpaired) electrons. The van der Waals surface area contributed by atoms with Gasteiger partial charge in [-0.2, -0.15) is 0 Å². The van der Waals surface area contributed by atoms with Gasteiger partial charge in [0.05, 0.1) is 6.26 Å². The second kappa shape index (κ2) is 10.3. The Kier molecular flexibility index (Phi) is 7.05. The molecule has 2 amide bonds. The summed E-state index contributed by atoms with van der Waals surface area (Å²) in [5, 5.41) is 3.21. The van der Waals surface area contributed by atoms with E-state index in [-0.39, 0.29) is 23.6 Å². The molecule has 5 heteroatoms. The van der Waals surface area contributed by atoms with Crippen LogP contribution in [0.4, 0.5) is 0 Å². The van der Waals surface area contributed by atoms with E-state index in [4.69, 9.17) is 4.42 Å². The van der Waals surface area contributed by atoms with Gasteiger partial charge >= 0.3 is 0 Å². The minimum absolute atomic E-state index is 0.142. The molecule has 0 spiro atoms. The highest BCUT2D eigenvalue weighted by molar-refractivity contribution is 5.96. The number of hydrogen-bond acceptors (Lipinski definition) is 3. The summed E-state index contributed by atoms with van der Waals surface area (Å²) in [4.78, 5) is 28.8. The molecule has 1 N–H and O–H groups in total. The van der Waals surface area contributed by atoms with Gasteiger partial charge in [0.15, 0.2) is 5.76 Å². The van der Waals surface area contributed by atoms with E-state index < -0.39 is 6.04 Å². The topological polar surface area (TPSA) is 62.6 Å². The Morgan fingerprint density at radius 1 is 0.969 bits per heavy atom. The smallest absolute Gasteiger partial charge is 0.290 e. The van der Waals surface area contributed by atoms with Crippen LogP contribution in [0, 0.1) is 0 Å². The van der Waals surface area contributed by atoms with Crippen LogP contribution in [0.5, 0.6) is 0 Å². The number of nitrogens with zero attached hydrogens (tertiary/aromatic N) is 1. The van der Waals surface area contributed by atoms with E-state index in [0.29, 0.717) is 6.54 Å². The second-order valence-corrected chi connectivity index (χ2v) is 8.38. The lowest BCUT2D eigenvalue weighted by atomic mass is 10.00.